The molecule has 0 fully saturated rings. The maximum absolute atomic E-state index is 13.0. The van der Waals surface area contributed by atoms with Gasteiger partial charge in [0.2, 0.25) is 0 Å². The van der Waals surface area contributed by atoms with Gasteiger partial charge in [0.05, 0.1) is 6.42 Å². The molecule has 0 aliphatic rings. The molecule has 0 saturated heterocycles. The highest BCUT2D eigenvalue weighted by Gasteiger charge is 2.28. The first-order chi connectivity index (χ1) is 9.68. The number of urea groups is 1. The summed E-state index contributed by atoms with van der Waals surface area (Å²) in [6.45, 7) is 5.74. The molecule has 0 bridgehead atoms. The summed E-state index contributed by atoms with van der Waals surface area (Å²) >= 11 is 0. The first kappa shape index (κ1) is 16.9. The molecule has 5 nitrogen and oxygen atoms in total. The van der Waals surface area contributed by atoms with Gasteiger partial charge in [0.15, 0.2) is 0 Å². The van der Waals surface area contributed by atoms with Crippen LogP contribution in [0.5, 0.6) is 0 Å². The van der Waals surface area contributed by atoms with E-state index in [1.807, 2.05) is 20.8 Å². The van der Waals surface area contributed by atoms with Crippen LogP contribution in [0.4, 0.5) is 9.18 Å². The fraction of sp³-hybridized carbons (Fsp3) is 0.467. The lowest BCUT2D eigenvalue weighted by atomic mass is 9.85. The van der Waals surface area contributed by atoms with Crippen molar-refractivity contribution in [1.29, 1.82) is 0 Å². The van der Waals surface area contributed by atoms with E-state index in [9.17, 15) is 14.0 Å². The Kier molecular flexibility index (Phi) is 5.69. The van der Waals surface area contributed by atoms with E-state index in [1.165, 1.54) is 12.1 Å². The van der Waals surface area contributed by atoms with Gasteiger partial charge < -0.3 is 15.7 Å². The van der Waals surface area contributed by atoms with Gasteiger partial charge in [0.25, 0.3) is 0 Å². The van der Waals surface area contributed by atoms with E-state index < -0.39 is 18.0 Å². The lowest BCUT2D eigenvalue weighted by molar-refractivity contribution is -0.138. The van der Waals surface area contributed by atoms with Gasteiger partial charge in [0.1, 0.15) is 5.82 Å². The predicted octanol–water partition coefficient (Wildman–Crippen LogP) is 2.51. The molecule has 0 radical (unpaired) electrons. The van der Waals surface area contributed by atoms with Crippen LogP contribution in [0.1, 0.15) is 32.8 Å². The Bertz CT molecular complexity index is 512. The second-order valence-corrected chi connectivity index (χ2v) is 5.97. The van der Waals surface area contributed by atoms with Crippen molar-refractivity contribution in [3.05, 3.63) is 35.6 Å². The van der Waals surface area contributed by atoms with Gasteiger partial charge in [0, 0.05) is 12.6 Å². The summed E-state index contributed by atoms with van der Waals surface area (Å²) < 4.78 is 13.0. The van der Waals surface area contributed by atoms with Crippen LogP contribution in [-0.2, 0) is 11.3 Å². The first-order valence-electron chi connectivity index (χ1n) is 6.69. The molecule has 0 aliphatic carbocycles. The summed E-state index contributed by atoms with van der Waals surface area (Å²) in [6.07, 6.45) is -0.156. The normalized spacial score (nSPS) is 12.6. The third-order valence-corrected chi connectivity index (χ3v) is 3.07. The lowest BCUT2D eigenvalue weighted by Gasteiger charge is -2.30. The Morgan fingerprint density at radius 3 is 2.52 bits per heavy atom. The number of carboxylic acids is 1. The van der Waals surface area contributed by atoms with Crippen molar-refractivity contribution in [2.75, 3.05) is 0 Å². The minimum Gasteiger partial charge on any atom is -0.481 e. The van der Waals surface area contributed by atoms with Crippen LogP contribution in [0, 0.1) is 11.2 Å². The van der Waals surface area contributed by atoms with Crippen molar-refractivity contribution in [1.82, 2.24) is 10.6 Å². The third kappa shape index (κ3) is 6.25. The Morgan fingerprint density at radius 2 is 2.00 bits per heavy atom. The van der Waals surface area contributed by atoms with Crippen LogP contribution >= 0.6 is 0 Å². The zero-order valence-corrected chi connectivity index (χ0v) is 12.4. The van der Waals surface area contributed by atoms with E-state index in [1.54, 1.807) is 12.1 Å². The number of nitrogens with one attached hydrogen (secondary N) is 2. The number of aliphatic carboxylic acids is 1. The largest absolute Gasteiger partial charge is 0.481 e. The van der Waals surface area contributed by atoms with Crippen LogP contribution in [0.15, 0.2) is 24.3 Å². The van der Waals surface area contributed by atoms with Crippen LogP contribution < -0.4 is 10.6 Å². The summed E-state index contributed by atoms with van der Waals surface area (Å²) in [7, 11) is 0. The van der Waals surface area contributed by atoms with E-state index in [0.717, 1.165) is 0 Å². The third-order valence-electron chi connectivity index (χ3n) is 3.07. The van der Waals surface area contributed by atoms with Gasteiger partial charge in [-0.3, -0.25) is 4.79 Å². The van der Waals surface area contributed by atoms with E-state index in [2.05, 4.69) is 10.6 Å². The number of carbonyl (C=O) groups is 2. The first-order valence-corrected chi connectivity index (χ1v) is 6.69. The molecular weight excluding hydrogens is 275 g/mol. The average Bonchev–Trinajstić information content (AvgIpc) is 2.34. The van der Waals surface area contributed by atoms with E-state index in [0.29, 0.717) is 5.56 Å². The van der Waals surface area contributed by atoms with Crippen LogP contribution in [0.2, 0.25) is 0 Å². The molecule has 0 aliphatic heterocycles. The number of carboxylic acid groups (broad SMARTS) is 1. The summed E-state index contributed by atoms with van der Waals surface area (Å²) in [5.41, 5.74) is 0.255. The topological polar surface area (TPSA) is 78.4 Å². The smallest absolute Gasteiger partial charge is 0.315 e. The van der Waals surface area contributed by atoms with E-state index in [-0.39, 0.29) is 24.2 Å². The Hall–Kier alpha value is -2.11. The van der Waals surface area contributed by atoms with Gasteiger partial charge in [-0.2, -0.15) is 0 Å². The summed E-state index contributed by atoms with van der Waals surface area (Å²) in [5, 5.41) is 14.1. The Labute approximate surface area is 123 Å². The van der Waals surface area contributed by atoms with Crippen LogP contribution in [-0.4, -0.2) is 23.1 Å². The number of hydrogen-bond acceptors (Lipinski definition) is 2. The standard InChI is InChI=1S/C15H21FN2O3/c1-15(2,3)12(8-13(19)20)18-14(21)17-9-10-5-4-6-11(16)7-10/h4-7,12H,8-9H2,1-3H3,(H,19,20)(H2,17,18,21). The molecule has 21 heavy (non-hydrogen) atoms. The van der Waals surface area contributed by atoms with Crippen molar-refractivity contribution in [2.24, 2.45) is 5.41 Å². The lowest BCUT2D eigenvalue weighted by Crippen LogP contribution is -2.48. The minimum absolute atomic E-state index is 0.156. The van der Waals surface area contributed by atoms with Crippen molar-refractivity contribution < 1.29 is 19.1 Å². The monoisotopic (exact) mass is 296 g/mol. The van der Waals surface area contributed by atoms with Crippen molar-refractivity contribution in [2.45, 2.75) is 39.8 Å². The highest BCUT2D eigenvalue weighted by molar-refractivity contribution is 5.75. The fourth-order valence-corrected chi connectivity index (χ4v) is 1.79. The van der Waals surface area contributed by atoms with Crippen molar-refractivity contribution in [3.8, 4) is 0 Å². The second kappa shape index (κ2) is 7.06. The zero-order chi connectivity index (χ0) is 16.0. The summed E-state index contributed by atoms with van der Waals surface area (Å²) in [4.78, 5) is 22.7. The highest BCUT2D eigenvalue weighted by atomic mass is 19.1. The predicted molar refractivity (Wildman–Crippen MR) is 77.3 cm³/mol. The highest BCUT2D eigenvalue weighted by Crippen LogP contribution is 2.21. The number of carbonyl (C=O) groups excluding carboxylic acids is 1. The molecule has 1 rings (SSSR count). The minimum atomic E-state index is -0.972. The number of hydrogen-bond donors (Lipinski definition) is 3. The average molecular weight is 296 g/mol. The van der Waals surface area contributed by atoms with Gasteiger partial charge in [-0.15, -0.1) is 0 Å². The molecule has 0 spiro atoms. The van der Waals surface area contributed by atoms with Crippen molar-refractivity contribution in [3.63, 3.8) is 0 Å². The number of halogens is 1. The summed E-state index contributed by atoms with van der Waals surface area (Å²) in [5.74, 6) is -1.34. The van der Waals surface area contributed by atoms with E-state index >= 15 is 0 Å². The van der Waals surface area contributed by atoms with E-state index in [4.69, 9.17) is 5.11 Å². The maximum Gasteiger partial charge on any atom is 0.315 e. The Balaban J connectivity index is 2.56. The number of amides is 2. The second-order valence-electron chi connectivity index (χ2n) is 5.97. The fourth-order valence-electron chi connectivity index (χ4n) is 1.79. The molecular formula is C15H21FN2O3. The van der Waals surface area contributed by atoms with Gasteiger partial charge in [-0.25, -0.2) is 9.18 Å². The van der Waals surface area contributed by atoms with Gasteiger partial charge in [-0.1, -0.05) is 32.9 Å². The quantitative estimate of drug-likeness (QED) is 0.781. The number of benzene rings is 1. The molecule has 1 aromatic rings. The van der Waals surface area contributed by atoms with Gasteiger partial charge in [-0.05, 0) is 23.1 Å². The van der Waals surface area contributed by atoms with Crippen molar-refractivity contribution >= 4 is 12.0 Å². The molecule has 0 heterocycles. The SMILES string of the molecule is CC(C)(C)C(CC(=O)O)NC(=O)NCc1cccc(F)c1. The molecule has 6 heteroatoms. The maximum atomic E-state index is 13.0. The Morgan fingerprint density at radius 1 is 1.33 bits per heavy atom. The van der Waals surface area contributed by atoms with Crippen LogP contribution in [0.3, 0.4) is 0 Å². The molecule has 116 valence electrons. The van der Waals surface area contributed by atoms with Crippen LogP contribution in [0.25, 0.3) is 0 Å². The molecule has 2 amide bonds. The molecule has 1 aromatic carbocycles. The molecule has 0 saturated carbocycles. The number of rotatable bonds is 5. The molecule has 3 N–H and O–H groups in total. The van der Waals surface area contributed by atoms with Gasteiger partial charge >= 0.3 is 12.0 Å². The molecule has 1 atom stereocenters. The molecule has 0 aromatic heterocycles. The summed E-state index contributed by atoms with van der Waals surface area (Å²) in [6, 6.07) is 4.95. The molecule has 1 unspecified atom stereocenters. The zero-order valence-electron chi connectivity index (χ0n) is 12.4.